The molecule has 0 aliphatic heterocycles. The highest BCUT2D eigenvalue weighted by molar-refractivity contribution is 14.0. The van der Waals surface area contributed by atoms with E-state index in [9.17, 15) is 22.0 Å². The number of nitrogens with zero attached hydrogens (tertiary/aromatic N) is 1. The Morgan fingerprint density at radius 1 is 1.26 bits per heavy atom. The van der Waals surface area contributed by atoms with Crippen LogP contribution >= 0.6 is 24.0 Å². The lowest BCUT2D eigenvalue weighted by molar-refractivity contribution is -0.132. The molecular formula is C13H17F5IN3O. The number of alkyl halides is 5. The zero-order valence-electron chi connectivity index (χ0n) is 12.2. The van der Waals surface area contributed by atoms with Gasteiger partial charge in [-0.15, -0.1) is 24.0 Å². The van der Waals surface area contributed by atoms with Gasteiger partial charge in [-0.25, -0.2) is 0 Å². The molecule has 0 saturated carbocycles. The average Bonchev–Trinajstić information content (AvgIpc) is 2.41. The third kappa shape index (κ3) is 10.1. The van der Waals surface area contributed by atoms with Crippen LogP contribution in [0, 0.1) is 0 Å². The lowest BCUT2D eigenvalue weighted by atomic mass is 10.2. The molecule has 1 aromatic carbocycles. The molecule has 0 unspecified atom stereocenters. The van der Waals surface area contributed by atoms with E-state index in [1.54, 1.807) is 6.07 Å². The van der Waals surface area contributed by atoms with E-state index < -0.39 is 19.2 Å². The second kappa shape index (κ2) is 10.4. The van der Waals surface area contributed by atoms with Crippen LogP contribution < -0.4 is 15.4 Å². The Morgan fingerprint density at radius 2 is 1.96 bits per heavy atom. The van der Waals surface area contributed by atoms with Crippen molar-refractivity contribution in [2.24, 2.45) is 4.99 Å². The van der Waals surface area contributed by atoms with Gasteiger partial charge in [-0.05, 0) is 17.7 Å². The van der Waals surface area contributed by atoms with Crippen LogP contribution in [0.15, 0.2) is 29.3 Å². The fourth-order valence-electron chi connectivity index (χ4n) is 1.56. The van der Waals surface area contributed by atoms with Crippen LogP contribution in [0.25, 0.3) is 0 Å². The number of hydrogen-bond donors (Lipinski definition) is 2. The first kappa shape index (κ1) is 21.7. The first-order valence-electron chi connectivity index (χ1n) is 6.35. The predicted octanol–water partition coefficient (Wildman–Crippen LogP) is 3.52. The van der Waals surface area contributed by atoms with Gasteiger partial charge in [0, 0.05) is 20.1 Å². The molecular weight excluding hydrogens is 436 g/mol. The van der Waals surface area contributed by atoms with Crippen LogP contribution in [0.4, 0.5) is 22.0 Å². The predicted molar refractivity (Wildman–Crippen MR) is 87.4 cm³/mol. The van der Waals surface area contributed by atoms with Gasteiger partial charge in [-0.3, -0.25) is 4.99 Å². The summed E-state index contributed by atoms with van der Waals surface area (Å²) in [6.45, 7) is -3.02. The summed E-state index contributed by atoms with van der Waals surface area (Å²) in [5.41, 5.74) is 0.622. The summed E-state index contributed by atoms with van der Waals surface area (Å²) in [7, 11) is 1.42. The van der Waals surface area contributed by atoms with E-state index in [0.29, 0.717) is 5.56 Å². The zero-order valence-corrected chi connectivity index (χ0v) is 14.5. The van der Waals surface area contributed by atoms with Crippen molar-refractivity contribution in [1.82, 2.24) is 10.6 Å². The number of rotatable bonds is 6. The maximum absolute atomic E-state index is 12.1. The molecule has 0 bridgehead atoms. The van der Waals surface area contributed by atoms with Gasteiger partial charge in [0.05, 0.1) is 6.42 Å². The molecule has 0 amide bonds. The van der Waals surface area contributed by atoms with E-state index >= 15 is 0 Å². The van der Waals surface area contributed by atoms with Gasteiger partial charge in [-0.1, -0.05) is 12.1 Å². The summed E-state index contributed by atoms with van der Waals surface area (Å²) in [5, 5.41) is 5.29. The highest BCUT2D eigenvalue weighted by Gasteiger charge is 2.26. The summed E-state index contributed by atoms with van der Waals surface area (Å²) >= 11 is 0. The summed E-state index contributed by atoms with van der Waals surface area (Å²) in [6.07, 6.45) is -5.22. The Bertz CT molecular complexity index is 497. The van der Waals surface area contributed by atoms with Gasteiger partial charge in [0.2, 0.25) is 0 Å². The van der Waals surface area contributed by atoms with Crippen LogP contribution in [0.1, 0.15) is 12.0 Å². The second-order valence-corrected chi connectivity index (χ2v) is 4.24. The molecule has 0 spiro atoms. The maximum Gasteiger partial charge on any atom is 0.390 e. The summed E-state index contributed by atoms with van der Waals surface area (Å²) in [6, 6.07) is 5.98. The molecule has 4 nitrogen and oxygen atoms in total. The Balaban J connectivity index is 0.00000484. The number of ether oxygens (including phenoxy) is 1. The average molecular weight is 453 g/mol. The van der Waals surface area contributed by atoms with Gasteiger partial charge >= 0.3 is 12.8 Å². The quantitative estimate of drug-likeness (QED) is 0.300. The summed E-state index contributed by atoms with van der Waals surface area (Å²) in [4.78, 5) is 3.77. The Morgan fingerprint density at radius 3 is 2.52 bits per heavy atom. The smallest absolute Gasteiger partial charge is 0.390 e. The zero-order chi connectivity index (χ0) is 16.6. The highest BCUT2D eigenvalue weighted by Crippen LogP contribution is 2.18. The van der Waals surface area contributed by atoms with Crippen molar-refractivity contribution in [3.05, 3.63) is 29.8 Å². The Kier molecular flexibility index (Phi) is 9.84. The third-order valence-corrected chi connectivity index (χ3v) is 2.51. The SMILES string of the molecule is CN=C(NCCC(F)(F)F)NCc1cccc(OC(F)F)c1.I. The van der Waals surface area contributed by atoms with E-state index in [1.165, 1.54) is 25.2 Å². The minimum atomic E-state index is -4.24. The van der Waals surface area contributed by atoms with Crippen LogP contribution in [0.5, 0.6) is 5.75 Å². The molecule has 2 N–H and O–H groups in total. The fourth-order valence-corrected chi connectivity index (χ4v) is 1.56. The van der Waals surface area contributed by atoms with Crippen molar-refractivity contribution in [3.63, 3.8) is 0 Å². The maximum atomic E-state index is 12.1. The molecule has 0 aliphatic rings. The number of halogens is 6. The van der Waals surface area contributed by atoms with E-state index in [1.807, 2.05) is 0 Å². The van der Waals surface area contributed by atoms with Crippen molar-refractivity contribution in [1.29, 1.82) is 0 Å². The second-order valence-electron chi connectivity index (χ2n) is 4.24. The van der Waals surface area contributed by atoms with E-state index in [-0.39, 0.29) is 48.8 Å². The molecule has 0 aromatic heterocycles. The summed E-state index contributed by atoms with van der Waals surface area (Å²) in [5.74, 6) is 0.193. The van der Waals surface area contributed by atoms with Crippen molar-refractivity contribution in [3.8, 4) is 5.75 Å². The molecule has 0 radical (unpaired) electrons. The molecule has 0 aliphatic carbocycles. The molecule has 0 heterocycles. The molecule has 23 heavy (non-hydrogen) atoms. The minimum absolute atomic E-state index is 0. The topological polar surface area (TPSA) is 45.7 Å². The van der Waals surface area contributed by atoms with Gasteiger partial charge in [-0.2, -0.15) is 22.0 Å². The van der Waals surface area contributed by atoms with Crippen molar-refractivity contribution < 1.29 is 26.7 Å². The lowest BCUT2D eigenvalue weighted by Gasteiger charge is -2.13. The van der Waals surface area contributed by atoms with Gasteiger partial charge in [0.1, 0.15) is 5.75 Å². The van der Waals surface area contributed by atoms with Gasteiger partial charge in [0.25, 0.3) is 0 Å². The monoisotopic (exact) mass is 453 g/mol. The first-order valence-corrected chi connectivity index (χ1v) is 6.35. The molecule has 1 rings (SSSR count). The highest BCUT2D eigenvalue weighted by atomic mass is 127. The van der Waals surface area contributed by atoms with E-state index in [4.69, 9.17) is 0 Å². The van der Waals surface area contributed by atoms with Crippen molar-refractivity contribution in [2.45, 2.75) is 25.8 Å². The van der Waals surface area contributed by atoms with E-state index in [0.717, 1.165) is 0 Å². The normalized spacial score (nSPS) is 11.9. The Labute approximate surface area is 147 Å². The molecule has 132 valence electrons. The van der Waals surface area contributed by atoms with Gasteiger partial charge < -0.3 is 15.4 Å². The number of benzene rings is 1. The number of guanidine groups is 1. The number of nitrogens with one attached hydrogen (secondary N) is 2. The van der Waals surface area contributed by atoms with Crippen molar-refractivity contribution >= 4 is 29.9 Å². The number of hydrogen-bond acceptors (Lipinski definition) is 2. The van der Waals surface area contributed by atoms with Crippen molar-refractivity contribution in [2.75, 3.05) is 13.6 Å². The standard InChI is InChI=1S/C13H16F5N3O.HI/c1-19-12(20-6-5-13(16,17)18)21-8-9-3-2-4-10(7-9)22-11(14)15;/h2-4,7,11H,5-6,8H2,1H3,(H2,19,20,21);1H. The summed E-state index contributed by atoms with van der Waals surface area (Å²) < 4.78 is 64.6. The molecule has 0 saturated heterocycles. The van der Waals surface area contributed by atoms with Crippen LogP contribution in [-0.4, -0.2) is 32.3 Å². The van der Waals surface area contributed by atoms with Crippen LogP contribution in [0.3, 0.4) is 0 Å². The first-order chi connectivity index (χ1) is 10.3. The van der Waals surface area contributed by atoms with E-state index in [2.05, 4.69) is 20.4 Å². The fraction of sp³-hybridized carbons (Fsp3) is 0.462. The molecule has 0 atom stereocenters. The Hall–Kier alpha value is -1.33. The minimum Gasteiger partial charge on any atom is -0.435 e. The van der Waals surface area contributed by atoms with Gasteiger partial charge in [0.15, 0.2) is 5.96 Å². The largest absolute Gasteiger partial charge is 0.435 e. The molecule has 0 fully saturated rings. The molecule has 1 aromatic rings. The third-order valence-electron chi connectivity index (χ3n) is 2.51. The number of aliphatic imine (C=N–C) groups is 1. The van der Waals surface area contributed by atoms with Crippen LogP contribution in [0.2, 0.25) is 0 Å². The lowest BCUT2D eigenvalue weighted by Crippen LogP contribution is -2.38. The van der Waals surface area contributed by atoms with Crippen LogP contribution in [-0.2, 0) is 6.54 Å². The molecule has 10 heteroatoms.